The Morgan fingerprint density at radius 2 is 1.89 bits per heavy atom. The van der Waals surface area contributed by atoms with Crippen LogP contribution in [-0.2, 0) is 32.5 Å². The van der Waals surface area contributed by atoms with Gasteiger partial charge in [-0.25, -0.2) is 13.4 Å². The van der Waals surface area contributed by atoms with Gasteiger partial charge in [-0.1, -0.05) is 30.3 Å². The largest absolute Gasteiger partial charge is 0.379 e. The van der Waals surface area contributed by atoms with Gasteiger partial charge < -0.3 is 14.6 Å². The standard InChI is InChI=1S/C26H32N4O4S/c1-2-30-23-11-10-21(35(32,33)29-14-16-34-17-15-29)18-22(23)27-24(30)12-13-25(31)28-26(20-8-9-20)19-6-4-3-5-7-19/h3-7,10-11,18,20,26H,2,8-9,12-17H2,1H3,(H,28,31)/t26-/m0/s1. The van der Waals surface area contributed by atoms with Crippen LogP contribution in [0.5, 0.6) is 0 Å². The number of ether oxygens (including phenoxy) is 1. The third-order valence-corrected chi connectivity index (χ3v) is 8.76. The van der Waals surface area contributed by atoms with Gasteiger partial charge in [0.05, 0.1) is 35.2 Å². The van der Waals surface area contributed by atoms with E-state index in [9.17, 15) is 13.2 Å². The fraction of sp³-hybridized carbons (Fsp3) is 0.462. The normalized spacial score (nSPS) is 18.0. The number of imidazole rings is 1. The zero-order valence-electron chi connectivity index (χ0n) is 20.0. The van der Waals surface area contributed by atoms with Gasteiger partial charge in [0, 0.05) is 32.5 Å². The highest BCUT2D eigenvalue weighted by Crippen LogP contribution is 2.41. The van der Waals surface area contributed by atoms with Crippen LogP contribution in [0.25, 0.3) is 11.0 Å². The van der Waals surface area contributed by atoms with Gasteiger partial charge in [0.2, 0.25) is 15.9 Å². The fourth-order valence-electron chi connectivity index (χ4n) is 4.83. The van der Waals surface area contributed by atoms with Crippen LogP contribution < -0.4 is 5.32 Å². The van der Waals surface area contributed by atoms with Gasteiger partial charge >= 0.3 is 0 Å². The quantitative estimate of drug-likeness (QED) is 0.491. The number of morpholine rings is 1. The van der Waals surface area contributed by atoms with E-state index in [1.165, 1.54) is 4.31 Å². The molecule has 1 aromatic heterocycles. The first-order valence-corrected chi connectivity index (χ1v) is 13.8. The average Bonchev–Trinajstić information content (AvgIpc) is 3.67. The Bertz CT molecular complexity index is 1300. The van der Waals surface area contributed by atoms with E-state index < -0.39 is 10.0 Å². The topological polar surface area (TPSA) is 93.5 Å². The second-order valence-corrected chi connectivity index (χ2v) is 11.2. The predicted octanol–water partition coefficient (Wildman–Crippen LogP) is 3.28. The van der Waals surface area contributed by atoms with Crippen LogP contribution in [0.1, 0.15) is 43.6 Å². The summed E-state index contributed by atoms with van der Waals surface area (Å²) in [5.41, 5.74) is 2.67. The highest BCUT2D eigenvalue weighted by Gasteiger charge is 2.33. The maximum Gasteiger partial charge on any atom is 0.243 e. The first-order valence-electron chi connectivity index (χ1n) is 12.4. The lowest BCUT2D eigenvalue weighted by atomic mass is 10.0. The van der Waals surface area contributed by atoms with E-state index in [-0.39, 0.29) is 16.8 Å². The molecular weight excluding hydrogens is 464 g/mol. The molecule has 1 N–H and O–H groups in total. The Labute approximate surface area is 206 Å². The lowest BCUT2D eigenvalue weighted by Crippen LogP contribution is -2.40. The fourth-order valence-corrected chi connectivity index (χ4v) is 6.26. The van der Waals surface area contributed by atoms with Crippen molar-refractivity contribution < 1.29 is 17.9 Å². The van der Waals surface area contributed by atoms with Crippen molar-refractivity contribution in [1.29, 1.82) is 0 Å². The summed E-state index contributed by atoms with van der Waals surface area (Å²) in [5.74, 6) is 1.31. The number of aryl methyl sites for hydroxylation is 2. The third-order valence-electron chi connectivity index (χ3n) is 6.87. The molecule has 1 saturated heterocycles. The third kappa shape index (κ3) is 5.12. The number of aromatic nitrogens is 2. The van der Waals surface area contributed by atoms with E-state index in [1.54, 1.807) is 12.1 Å². The molecule has 0 bridgehead atoms. The van der Waals surface area contributed by atoms with Gasteiger partial charge in [-0.05, 0) is 49.4 Å². The molecule has 1 amide bonds. The number of sulfonamides is 1. The minimum Gasteiger partial charge on any atom is -0.379 e. The molecule has 2 aliphatic rings. The Hall–Kier alpha value is -2.75. The first kappa shape index (κ1) is 24.0. The summed E-state index contributed by atoms with van der Waals surface area (Å²) >= 11 is 0. The zero-order valence-corrected chi connectivity index (χ0v) is 20.8. The number of nitrogens with one attached hydrogen (secondary N) is 1. The monoisotopic (exact) mass is 496 g/mol. The van der Waals surface area contributed by atoms with E-state index >= 15 is 0 Å². The molecule has 8 nitrogen and oxygen atoms in total. The minimum absolute atomic E-state index is 0.0102. The molecule has 1 saturated carbocycles. The Morgan fingerprint density at radius 1 is 1.14 bits per heavy atom. The number of fused-ring (bicyclic) bond motifs is 1. The van der Waals surface area contributed by atoms with E-state index in [4.69, 9.17) is 9.72 Å². The lowest BCUT2D eigenvalue weighted by molar-refractivity contribution is -0.122. The molecule has 0 radical (unpaired) electrons. The molecule has 2 aromatic carbocycles. The molecule has 186 valence electrons. The van der Waals surface area contributed by atoms with Crippen molar-refractivity contribution >= 4 is 27.0 Å². The van der Waals surface area contributed by atoms with Crippen molar-refractivity contribution in [2.24, 2.45) is 5.92 Å². The molecule has 3 aromatic rings. The number of rotatable bonds is 9. The van der Waals surface area contributed by atoms with Gasteiger partial charge in [-0.3, -0.25) is 4.79 Å². The molecule has 0 unspecified atom stereocenters. The second kappa shape index (κ2) is 10.1. The van der Waals surface area contributed by atoms with Crippen LogP contribution in [0.4, 0.5) is 0 Å². The summed E-state index contributed by atoms with van der Waals surface area (Å²) in [6, 6.07) is 15.3. The highest BCUT2D eigenvalue weighted by atomic mass is 32.2. The molecular formula is C26H32N4O4S. The van der Waals surface area contributed by atoms with Gasteiger partial charge in [-0.2, -0.15) is 4.31 Å². The smallest absolute Gasteiger partial charge is 0.243 e. The van der Waals surface area contributed by atoms with Crippen LogP contribution in [0, 0.1) is 5.92 Å². The number of carbonyl (C=O) groups excluding carboxylic acids is 1. The molecule has 1 atom stereocenters. The van der Waals surface area contributed by atoms with Gasteiger partial charge in [0.15, 0.2) is 0 Å². The SMILES string of the molecule is CCn1c(CCC(=O)N[C@@H](c2ccccc2)C2CC2)nc2cc(S(=O)(=O)N3CCOCC3)ccc21. The lowest BCUT2D eigenvalue weighted by Gasteiger charge is -2.26. The van der Waals surface area contributed by atoms with Gasteiger partial charge in [0.25, 0.3) is 0 Å². The zero-order chi connectivity index (χ0) is 24.4. The van der Waals surface area contributed by atoms with Crippen molar-refractivity contribution in [3.05, 3.63) is 59.9 Å². The van der Waals surface area contributed by atoms with Crippen LogP contribution >= 0.6 is 0 Å². The first-order chi connectivity index (χ1) is 17.0. The minimum atomic E-state index is -3.59. The van der Waals surface area contributed by atoms with E-state index in [0.29, 0.717) is 57.1 Å². The maximum atomic E-state index is 13.1. The number of benzene rings is 2. The van der Waals surface area contributed by atoms with Crippen molar-refractivity contribution in [3.63, 3.8) is 0 Å². The maximum absolute atomic E-state index is 13.1. The van der Waals surface area contributed by atoms with Gasteiger partial charge in [0.1, 0.15) is 5.82 Å². The summed E-state index contributed by atoms with van der Waals surface area (Å²) < 4.78 is 35.0. The van der Waals surface area contributed by atoms with Crippen LogP contribution in [0.3, 0.4) is 0 Å². The molecule has 5 rings (SSSR count). The number of amides is 1. The Balaban J connectivity index is 1.31. The van der Waals surface area contributed by atoms with Crippen LogP contribution in [0.2, 0.25) is 0 Å². The summed E-state index contributed by atoms with van der Waals surface area (Å²) in [5, 5.41) is 3.23. The molecule has 2 heterocycles. The van der Waals surface area contributed by atoms with Crippen molar-refractivity contribution in [2.45, 2.75) is 50.1 Å². The molecule has 0 spiro atoms. The van der Waals surface area contributed by atoms with Crippen molar-refractivity contribution in [1.82, 2.24) is 19.2 Å². The van der Waals surface area contributed by atoms with Crippen molar-refractivity contribution in [2.75, 3.05) is 26.3 Å². The average molecular weight is 497 g/mol. The second-order valence-electron chi connectivity index (χ2n) is 9.23. The van der Waals surface area contributed by atoms with Crippen LogP contribution in [-0.4, -0.2) is 54.5 Å². The van der Waals surface area contributed by atoms with E-state index in [0.717, 1.165) is 29.7 Å². The van der Waals surface area contributed by atoms with Crippen molar-refractivity contribution in [3.8, 4) is 0 Å². The van der Waals surface area contributed by atoms with Crippen LogP contribution in [0.15, 0.2) is 53.4 Å². The molecule has 1 aliphatic carbocycles. The highest BCUT2D eigenvalue weighted by molar-refractivity contribution is 7.89. The van der Waals surface area contributed by atoms with Gasteiger partial charge in [-0.15, -0.1) is 0 Å². The number of nitrogens with zero attached hydrogens (tertiary/aromatic N) is 3. The number of carbonyl (C=O) groups is 1. The summed E-state index contributed by atoms with van der Waals surface area (Å²) in [6.45, 7) is 4.25. The summed E-state index contributed by atoms with van der Waals surface area (Å²) in [7, 11) is -3.59. The molecule has 2 fully saturated rings. The Morgan fingerprint density at radius 3 is 2.57 bits per heavy atom. The molecule has 9 heteroatoms. The summed E-state index contributed by atoms with van der Waals surface area (Å²) in [4.78, 5) is 17.8. The molecule has 1 aliphatic heterocycles. The van der Waals surface area contributed by atoms with E-state index in [2.05, 4.69) is 22.0 Å². The summed E-state index contributed by atoms with van der Waals surface area (Å²) in [6.07, 6.45) is 3.10. The number of hydrogen-bond donors (Lipinski definition) is 1. The Kier molecular flexibility index (Phi) is 6.91. The van der Waals surface area contributed by atoms with E-state index in [1.807, 2.05) is 31.2 Å². The molecule has 35 heavy (non-hydrogen) atoms. The predicted molar refractivity (Wildman–Crippen MR) is 133 cm³/mol. The number of hydrogen-bond acceptors (Lipinski definition) is 5.